The predicted molar refractivity (Wildman–Crippen MR) is 221 cm³/mol. The van der Waals surface area contributed by atoms with Gasteiger partial charge in [-0.05, 0) is 105 Å². The van der Waals surface area contributed by atoms with Crippen LogP contribution in [-0.2, 0) is 33.8 Å². The van der Waals surface area contributed by atoms with E-state index in [1.54, 1.807) is 49.6 Å². The summed E-state index contributed by atoms with van der Waals surface area (Å²) in [5.41, 5.74) is 9.96. The molecule has 17 nitrogen and oxygen atoms in total. The Labute approximate surface area is 389 Å². The van der Waals surface area contributed by atoms with E-state index in [4.69, 9.17) is 45.8 Å². The molecule has 8 aromatic rings. The minimum absolute atomic E-state index is 0. The van der Waals surface area contributed by atoms with Crippen molar-refractivity contribution in [3.8, 4) is 0 Å². The van der Waals surface area contributed by atoms with E-state index in [1.165, 1.54) is 18.0 Å². The Hall–Kier alpha value is -5.01. The fourth-order valence-corrected chi connectivity index (χ4v) is 5.16. The molecule has 8 aromatic heterocycles. The second-order valence-corrected chi connectivity index (χ2v) is 13.0. The number of rotatable bonds is 5. The quantitative estimate of drug-likeness (QED) is 0.106. The molecule has 0 radical (unpaired) electrons. The SMILES string of the molecule is C.CCOC(=O)c1cnn2ccc(C)cc12.Cc1ccn2ncc(C(=O)O)c2c1.Cc1ccn2ncc(C=O)c2c1.Cc1ccn2ncc(CO)c2c1.ClCCl.[Na+].[OH-].[O]=[Mn]=[O]. The Bertz CT molecular complexity index is 2660. The molecule has 0 amide bonds. The van der Waals surface area contributed by atoms with E-state index in [2.05, 4.69) is 20.4 Å². The van der Waals surface area contributed by atoms with Crippen molar-refractivity contribution in [3.63, 3.8) is 0 Å². The molecule has 0 aromatic carbocycles. The third-order valence-electron chi connectivity index (χ3n) is 7.84. The number of ether oxygens (including phenoxy) is 1. The monoisotopic (exact) mass is 929 g/mol. The normalized spacial score (nSPS) is 9.51. The molecule has 0 aliphatic carbocycles. The molecule has 61 heavy (non-hydrogen) atoms. The van der Waals surface area contributed by atoms with Crippen molar-refractivity contribution >= 4 is 63.5 Å². The van der Waals surface area contributed by atoms with Gasteiger partial charge in [-0.25, -0.2) is 27.7 Å². The number of aliphatic hydroxyl groups is 1. The summed E-state index contributed by atoms with van der Waals surface area (Å²) >= 11 is 8.09. The number of hydrogen-bond acceptors (Lipinski definition) is 12. The Morgan fingerprint density at radius 2 is 1.07 bits per heavy atom. The van der Waals surface area contributed by atoms with Crippen LogP contribution in [0.2, 0.25) is 0 Å². The van der Waals surface area contributed by atoms with Gasteiger partial charge in [-0.1, -0.05) is 7.43 Å². The number of fused-ring (bicyclic) bond motifs is 4. The van der Waals surface area contributed by atoms with Crippen LogP contribution in [0.15, 0.2) is 98.1 Å². The molecule has 3 N–H and O–H groups in total. The maximum atomic E-state index is 11.6. The number of aryl methyl sites for hydroxylation is 4. The average Bonchev–Trinajstić information content (AvgIpc) is 4.00. The van der Waals surface area contributed by atoms with Gasteiger partial charge in [-0.2, -0.15) is 20.4 Å². The zero-order valence-electron chi connectivity index (χ0n) is 33.4. The van der Waals surface area contributed by atoms with Crippen molar-refractivity contribution in [2.75, 3.05) is 11.9 Å². The van der Waals surface area contributed by atoms with Crippen LogP contribution in [0.1, 0.15) is 73.2 Å². The maximum absolute atomic E-state index is 11.6. The third kappa shape index (κ3) is 16.1. The second kappa shape index (κ2) is 28.5. The molecule has 0 aliphatic heterocycles. The summed E-state index contributed by atoms with van der Waals surface area (Å²) in [7, 11) is 0. The topological polar surface area (TPSA) is 234 Å². The molecule has 21 heteroatoms. The summed E-state index contributed by atoms with van der Waals surface area (Å²) in [6, 6.07) is 15.4. The van der Waals surface area contributed by atoms with Crippen LogP contribution >= 0.6 is 23.2 Å². The molecule has 0 saturated heterocycles. The van der Waals surface area contributed by atoms with E-state index in [9.17, 15) is 14.4 Å². The van der Waals surface area contributed by atoms with Crippen LogP contribution < -0.4 is 29.6 Å². The summed E-state index contributed by atoms with van der Waals surface area (Å²) < 4.78 is 28.4. The zero-order valence-corrected chi connectivity index (χ0v) is 38.1. The van der Waals surface area contributed by atoms with E-state index in [0.29, 0.717) is 23.3 Å². The van der Waals surface area contributed by atoms with Gasteiger partial charge in [0.25, 0.3) is 0 Å². The van der Waals surface area contributed by atoms with Crippen LogP contribution in [0.4, 0.5) is 0 Å². The van der Waals surface area contributed by atoms with Gasteiger partial charge in [-0.3, -0.25) is 4.79 Å². The number of aromatic nitrogens is 8. The van der Waals surface area contributed by atoms with Gasteiger partial charge < -0.3 is 20.4 Å². The molecular weight excluding hydrogens is 885 g/mol. The minimum atomic E-state index is -1.44. The summed E-state index contributed by atoms with van der Waals surface area (Å²) in [6.07, 6.45) is 14.3. The van der Waals surface area contributed by atoms with Crippen molar-refractivity contribution in [3.05, 3.63) is 143 Å². The van der Waals surface area contributed by atoms with Crippen LogP contribution in [0.3, 0.4) is 0 Å². The predicted octanol–water partition coefficient (Wildman–Crippen LogP) is 4.40. The molecular formula is C40H45Cl2MnN8NaO9. The molecule has 8 heterocycles. The standard InChI is InChI=1S/C11H12N2O2.C9H8N2O2.C9H10N2O.C9H8N2O.CH2Cl2.CH4.Mn.Na.H2O.2O/c1-3-15-11(14)9-7-12-13-5-4-8(2)6-10(9)13;1-6-2-3-11-8(4-6)7(5-10-11)9(12)13;2*1-7-2-3-11-9(4-7)8(6-12)5-10-11;2-1-3;;;;;;/h4-7H,3H2,1-2H3;2-5H,1H3,(H,12,13);2-5,12H,6H2,1H3;2-6H,1H3;1H2;1H4;;;1H2;;/q;;;;;;;+1;;;/p-1. The number of aldehydes is 1. The molecule has 0 aliphatic rings. The first-order valence-electron chi connectivity index (χ1n) is 17.1. The van der Waals surface area contributed by atoms with E-state index < -0.39 is 20.8 Å². The number of carboxylic acid groups (broad SMARTS) is 1. The van der Waals surface area contributed by atoms with E-state index in [1.807, 2.05) is 88.8 Å². The third-order valence-corrected chi connectivity index (χ3v) is 7.84. The number of nitrogens with zero attached hydrogens (tertiary/aromatic N) is 8. The molecule has 321 valence electrons. The van der Waals surface area contributed by atoms with Gasteiger partial charge in [-0.15, -0.1) is 23.2 Å². The number of alkyl halides is 2. The van der Waals surface area contributed by atoms with Gasteiger partial charge >= 0.3 is 64.0 Å². The number of carboxylic acids is 1. The first-order chi connectivity index (χ1) is 27.8. The van der Waals surface area contributed by atoms with Crippen molar-refractivity contribution in [1.82, 2.24) is 38.5 Å². The summed E-state index contributed by atoms with van der Waals surface area (Å²) in [6.45, 7) is 10.1. The number of carbonyl (C=O) groups excluding carboxylic acids is 2. The summed E-state index contributed by atoms with van der Waals surface area (Å²) in [4.78, 5) is 32.8. The van der Waals surface area contributed by atoms with Crippen molar-refractivity contribution in [2.24, 2.45) is 0 Å². The van der Waals surface area contributed by atoms with Crippen LogP contribution in [0, 0.1) is 27.7 Å². The Morgan fingerprint density at radius 1 is 0.705 bits per heavy atom. The molecule has 0 bridgehead atoms. The number of halogens is 2. The fourth-order valence-electron chi connectivity index (χ4n) is 5.16. The Kier molecular flexibility index (Phi) is 26.2. The van der Waals surface area contributed by atoms with Gasteiger partial charge in [0.1, 0.15) is 11.1 Å². The molecule has 0 fully saturated rings. The number of carbonyl (C=O) groups is 3. The van der Waals surface area contributed by atoms with Crippen LogP contribution in [-0.4, -0.2) is 84.3 Å². The number of aliphatic hydroxyl groups excluding tert-OH is 1. The number of aromatic carboxylic acids is 1. The Balaban J connectivity index is 0.000000743. The molecule has 8 rings (SSSR count). The summed E-state index contributed by atoms with van der Waals surface area (Å²) in [5.74, 6) is -1.27. The first-order valence-corrected chi connectivity index (χ1v) is 19.1. The van der Waals surface area contributed by atoms with Crippen LogP contribution in [0.25, 0.3) is 22.1 Å². The van der Waals surface area contributed by atoms with Crippen molar-refractivity contribution in [1.29, 1.82) is 0 Å². The van der Waals surface area contributed by atoms with Crippen molar-refractivity contribution < 1.29 is 86.9 Å². The molecule has 0 atom stereocenters. The van der Waals surface area contributed by atoms with Crippen LogP contribution in [0.5, 0.6) is 0 Å². The van der Waals surface area contributed by atoms with E-state index in [0.717, 1.165) is 45.1 Å². The average molecular weight is 931 g/mol. The van der Waals surface area contributed by atoms with Gasteiger partial charge in [0.2, 0.25) is 0 Å². The molecule has 0 saturated carbocycles. The van der Waals surface area contributed by atoms with E-state index in [-0.39, 0.29) is 65.9 Å². The van der Waals surface area contributed by atoms with E-state index >= 15 is 0 Å². The molecule has 0 unspecified atom stereocenters. The number of esters is 1. The summed E-state index contributed by atoms with van der Waals surface area (Å²) in [5, 5.41) is 34.1. The molecule has 0 spiro atoms. The number of pyridine rings is 4. The Morgan fingerprint density at radius 3 is 1.49 bits per heavy atom. The van der Waals surface area contributed by atoms with Gasteiger partial charge in [0, 0.05) is 30.4 Å². The van der Waals surface area contributed by atoms with Gasteiger partial charge in [0.05, 0.1) is 71.0 Å². The fraction of sp³-hybridized carbons (Fsp3) is 0.225. The van der Waals surface area contributed by atoms with Crippen molar-refractivity contribution in [2.45, 2.75) is 48.7 Å². The zero-order chi connectivity index (χ0) is 42.8. The second-order valence-electron chi connectivity index (χ2n) is 12.0. The number of hydrogen-bond donors (Lipinski definition) is 2. The first kappa shape index (κ1) is 56.0. The van der Waals surface area contributed by atoms with Gasteiger partial charge in [0.15, 0.2) is 6.29 Å².